The summed E-state index contributed by atoms with van der Waals surface area (Å²) in [5.74, 6) is 0.691. The molecule has 0 spiro atoms. The summed E-state index contributed by atoms with van der Waals surface area (Å²) in [5, 5.41) is 17.2. The van der Waals surface area contributed by atoms with E-state index < -0.39 is 0 Å². The average Bonchev–Trinajstić information content (AvgIpc) is 2.45. The van der Waals surface area contributed by atoms with E-state index >= 15 is 0 Å². The van der Waals surface area contributed by atoms with Crippen molar-refractivity contribution in [1.29, 1.82) is 0 Å². The monoisotopic (exact) mass is 196 g/mol. The number of amides is 1. The summed E-state index contributed by atoms with van der Waals surface area (Å²) in [7, 11) is 1.69. The Labute approximate surface area is 80.9 Å². The first-order valence-corrected chi connectivity index (χ1v) is 4.47. The maximum Gasteiger partial charge on any atom is 0.226 e. The molecule has 1 aromatic heterocycles. The van der Waals surface area contributed by atoms with Crippen molar-refractivity contribution in [3.63, 3.8) is 0 Å². The van der Waals surface area contributed by atoms with E-state index in [1.807, 2.05) is 0 Å². The van der Waals surface area contributed by atoms with Crippen molar-refractivity contribution in [1.82, 2.24) is 30.8 Å². The van der Waals surface area contributed by atoms with Gasteiger partial charge in [0.25, 0.3) is 0 Å². The molecule has 1 amide bonds. The van der Waals surface area contributed by atoms with Gasteiger partial charge in [0.05, 0.1) is 19.5 Å². The Bertz CT molecular complexity index is 331. The Morgan fingerprint density at radius 2 is 2.50 bits per heavy atom. The number of carbonyl (C=O) groups is 1. The van der Waals surface area contributed by atoms with Crippen LogP contribution in [0.4, 0.5) is 0 Å². The molecule has 2 N–H and O–H groups in total. The van der Waals surface area contributed by atoms with Gasteiger partial charge >= 0.3 is 0 Å². The normalized spacial score (nSPS) is 16.4. The van der Waals surface area contributed by atoms with Crippen LogP contribution < -0.4 is 10.6 Å². The predicted molar refractivity (Wildman–Crippen MR) is 47.0 cm³/mol. The number of aromatic nitrogens is 4. The van der Waals surface area contributed by atoms with E-state index in [2.05, 4.69) is 26.0 Å². The number of hydrogen-bond donors (Lipinski definition) is 2. The zero-order valence-corrected chi connectivity index (χ0v) is 7.90. The van der Waals surface area contributed by atoms with Crippen molar-refractivity contribution in [3.05, 3.63) is 5.82 Å². The fourth-order valence-electron chi connectivity index (χ4n) is 1.18. The van der Waals surface area contributed by atoms with Gasteiger partial charge in [0, 0.05) is 13.1 Å². The first-order valence-electron chi connectivity index (χ1n) is 4.47. The van der Waals surface area contributed by atoms with Gasteiger partial charge in [-0.1, -0.05) is 0 Å². The molecule has 7 nitrogen and oxygen atoms in total. The predicted octanol–water partition coefficient (Wildman–Crippen LogP) is -1.95. The van der Waals surface area contributed by atoms with Gasteiger partial charge in [-0.15, -0.1) is 10.2 Å². The number of rotatable bonds is 3. The van der Waals surface area contributed by atoms with Gasteiger partial charge in [0.2, 0.25) is 5.91 Å². The van der Waals surface area contributed by atoms with E-state index in [-0.39, 0.29) is 11.8 Å². The highest BCUT2D eigenvalue weighted by atomic mass is 16.2. The third-order valence-electron chi connectivity index (χ3n) is 2.12. The number of carbonyl (C=O) groups excluding carboxylic acids is 1. The molecule has 0 aliphatic carbocycles. The maximum absolute atomic E-state index is 11.4. The van der Waals surface area contributed by atoms with Crippen molar-refractivity contribution < 1.29 is 4.79 Å². The first kappa shape index (κ1) is 9.07. The minimum Gasteiger partial charge on any atom is -0.348 e. The molecular formula is C7H12N6O. The number of tetrazole rings is 1. The number of nitrogens with one attached hydrogen (secondary N) is 2. The highest BCUT2D eigenvalue weighted by Gasteiger charge is 2.24. The van der Waals surface area contributed by atoms with Crippen LogP contribution in [0.15, 0.2) is 0 Å². The average molecular weight is 196 g/mol. The minimum atomic E-state index is 0.0520. The summed E-state index contributed by atoms with van der Waals surface area (Å²) in [6.07, 6.45) is 0. The van der Waals surface area contributed by atoms with E-state index in [0.29, 0.717) is 12.4 Å². The zero-order valence-electron chi connectivity index (χ0n) is 7.90. The van der Waals surface area contributed by atoms with Gasteiger partial charge in [0.1, 0.15) is 0 Å². The lowest BCUT2D eigenvalue weighted by atomic mass is 10.0. The first-order chi connectivity index (χ1) is 6.75. The molecule has 2 rings (SSSR count). The molecule has 2 heterocycles. The van der Waals surface area contributed by atoms with Crippen LogP contribution in [0.1, 0.15) is 5.82 Å². The molecule has 1 aliphatic rings. The summed E-state index contributed by atoms with van der Waals surface area (Å²) in [6.45, 7) is 1.88. The third-order valence-corrected chi connectivity index (χ3v) is 2.12. The molecule has 1 aliphatic heterocycles. The molecule has 0 atom stereocenters. The lowest BCUT2D eigenvalue weighted by molar-refractivity contribution is -0.126. The van der Waals surface area contributed by atoms with E-state index in [0.717, 1.165) is 13.1 Å². The molecule has 1 aromatic rings. The Morgan fingerprint density at radius 3 is 3.00 bits per heavy atom. The van der Waals surface area contributed by atoms with Crippen molar-refractivity contribution >= 4 is 5.91 Å². The molecule has 0 aromatic carbocycles. The quantitative estimate of drug-likeness (QED) is 0.586. The maximum atomic E-state index is 11.4. The summed E-state index contributed by atoms with van der Waals surface area (Å²) in [5.41, 5.74) is 0. The molecule has 1 fully saturated rings. The van der Waals surface area contributed by atoms with Gasteiger partial charge in [-0.05, 0) is 5.21 Å². The van der Waals surface area contributed by atoms with Crippen LogP contribution >= 0.6 is 0 Å². The van der Waals surface area contributed by atoms with E-state index in [9.17, 15) is 4.79 Å². The Morgan fingerprint density at radius 1 is 1.71 bits per heavy atom. The molecule has 14 heavy (non-hydrogen) atoms. The lowest BCUT2D eigenvalue weighted by Crippen LogP contribution is -2.50. The highest BCUT2D eigenvalue weighted by molar-refractivity contribution is 5.79. The molecule has 0 unspecified atom stereocenters. The Balaban J connectivity index is 1.79. The Hall–Kier alpha value is -1.50. The lowest BCUT2D eigenvalue weighted by Gasteiger charge is -2.25. The molecule has 1 saturated heterocycles. The van der Waals surface area contributed by atoms with Crippen LogP contribution in [-0.4, -0.2) is 39.2 Å². The molecule has 0 bridgehead atoms. The molecule has 0 saturated carbocycles. The zero-order chi connectivity index (χ0) is 9.97. The molecule has 7 heteroatoms. The number of hydrogen-bond acceptors (Lipinski definition) is 5. The van der Waals surface area contributed by atoms with Crippen LogP contribution in [0.2, 0.25) is 0 Å². The van der Waals surface area contributed by atoms with Crippen molar-refractivity contribution in [2.24, 2.45) is 13.0 Å². The van der Waals surface area contributed by atoms with Crippen LogP contribution in [0.25, 0.3) is 0 Å². The molecule has 0 radical (unpaired) electrons. The van der Waals surface area contributed by atoms with E-state index in [1.165, 1.54) is 4.80 Å². The number of aryl methyl sites for hydroxylation is 1. The Kier molecular flexibility index (Phi) is 2.40. The van der Waals surface area contributed by atoms with Crippen LogP contribution in [0.3, 0.4) is 0 Å². The summed E-state index contributed by atoms with van der Waals surface area (Å²) in [4.78, 5) is 12.7. The molecule has 76 valence electrons. The fourth-order valence-corrected chi connectivity index (χ4v) is 1.18. The summed E-state index contributed by atoms with van der Waals surface area (Å²) in [6, 6.07) is 0. The van der Waals surface area contributed by atoms with Gasteiger partial charge in [0.15, 0.2) is 5.82 Å². The highest BCUT2D eigenvalue weighted by Crippen LogP contribution is 2.02. The minimum absolute atomic E-state index is 0.0520. The third kappa shape index (κ3) is 1.87. The van der Waals surface area contributed by atoms with Gasteiger partial charge in [-0.2, -0.15) is 4.80 Å². The fraction of sp³-hybridized carbons (Fsp3) is 0.714. The van der Waals surface area contributed by atoms with Crippen molar-refractivity contribution in [2.45, 2.75) is 6.54 Å². The molecular weight excluding hydrogens is 184 g/mol. The van der Waals surface area contributed by atoms with Gasteiger partial charge in [-0.3, -0.25) is 4.79 Å². The van der Waals surface area contributed by atoms with Crippen LogP contribution in [0.5, 0.6) is 0 Å². The standard InChI is InChI=1S/C7H12N6O/c1-13-11-6(10-12-13)4-9-7(14)5-2-8-3-5/h5,8H,2-4H2,1H3,(H,9,14). The van der Waals surface area contributed by atoms with Gasteiger partial charge in [-0.25, -0.2) is 0 Å². The van der Waals surface area contributed by atoms with Crippen LogP contribution in [0, 0.1) is 5.92 Å². The number of nitrogens with zero attached hydrogens (tertiary/aromatic N) is 4. The summed E-state index contributed by atoms with van der Waals surface area (Å²) < 4.78 is 0. The topological polar surface area (TPSA) is 84.7 Å². The second-order valence-electron chi connectivity index (χ2n) is 3.27. The largest absolute Gasteiger partial charge is 0.348 e. The second-order valence-corrected chi connectivity index (χ2v) is 3.27. The van der Waals surface area contributed by atoms with Crippen molar-refractivity contribution in [3.8, 4) is 0 Å². The van der Waals surface area contributed by atoms with Crippen LogP contribution in [-0.2, 0) is 18.4 Å². The second kappa shape index (κ2) is 3.70. The SMILES string of the molecule is Cn1nnc(CNC(=O)C2CNC2)n1. The van der Waals surface area contributed by atoms with E-state index in [4.69, 9.17) is 0 Å². The van der Waals surface area contributed by atoms with E-state index in [1.54, 1.807) is 7.05 Å². The summed E-state index contributed by atoms with van der Waals surface area (Å²) >= 11 is 0. The van der Waals surface area contributed by atoms with Gasteiger partial charge < -0.3 is 10.6 Å². The van der Waals surface area contributed by atoms with Crippen molar-refractivity contribution in [2.75, 3.05) is 13.1 Å². The smallest absolute Gasteiger partial charge is 0.226 e.